The van der Waals surface area contributed by atoms with E-state index in [0.717, 1.165) is 21.9 Å². The average Bonchev–Trinajstić information content (AvgIpc) is 2.69. The number of nitrogens with one attached hydrogen (secondary N) is 1. The van der Waals surface area contributed by atoms with Gasteiger partial charge in [-0.1, -0.05) is 60.2 Å². The highest BCUT2D eigenvalue weighted by atomic mass is 32.2. The molecule has 0 amide bonds. The zero-order chi connectivity index (χ0) is 20.0. The molecule has 146 valence electrons. The molecular weight excluding hydrogens is 374 g/mol. The van der Waals surface area contributed by atoms with Crippen LogP contribution in [0.15, 0.2) is 71.6 Å². The molecule has 0 fully saturated rings. The summed E-state index contributed by atoms with van der Waals surface area (Å²) in [5.41, 5.74) is 2.04. The highest BCUT2D eigenvalue weighted by molar-refractivity contribution is 7.89. The van der Waals surface area contributed by atoms with Crippen molar-refractivity contribution in [3.8, 4) is 0 Å². The van der Waals surface area contributed by atoms with E-state index in [1.165, 1.54) is 0 Å². The highest BCUT2D eigenvalue weighted by Crippen LogP contribution is 2.18. The normalized spacial score (nSPS) is 11.5. The first-order valence-electron chi connectivity index (χ1n) is 9.14. The topological polar surface area (TPSA) is 72.5 Å². The second-order valence-corrected chi connectivity index (χ2v) is 8.43. The van der Waals surface area contributed by atoms with Crippen molar-refractivity contribution in [3.63, 3.8) is 0 Å². The van der Waals surface area contributed by atoms with E-state index in [1.54, 1.807) is 18.2 Å². The van der Waals surface area contributed by atoms with Gasteiger partial charge in [0.15, 0.2) is 0 Å². The van der Waals surface area contributed by atoms with Crippen molar-refractivity contribution in [2.24, 2.45) is 0 Å². The van der Waals surface area contributed by atoms with Crippen LogP contribution in [0.1, 0.15) is 24.0 Å². The van der Waals surface area contributed by atoms with E-state index in [4.69, 9.17) is 4.74 Å². The summed E-state index contributed by atoms with van der Waals surface area (Å²) in [7, 11) is -3.61. The van der Waals surface area contributed by atoms with Crippen molar-refractivity contribution >= 4 is 26.8 Å². The number of aryl methyl sites for hydroxylation is 1. The Morgan fingerprint density at radius 2 is 1.75 bits per heavy atom. The number of hydrogen-bond donors (Lipinski definition) is 1. The van der Waals surface area contributed by atoms with Crippen LogP contribution in [0, 0.1) is 6.92 Å². The van der Waals surface area contributed by atoms with E-state index in [0.29, 0.717) is 6.42 Å². The fourth-order valence-corrected chi connectivity index (χ4v) is 4.00. The van der Waals surface area contributed by atoms with Gasteiger partial charge >= 0.3 is 5.97 Å². The number of fused-ring (bicyclic) bond motifs is 1. The minimum absolute atomic E-state index is 0.159. The van der Waals surface area contributed by atoms with Crippen LogP contribution in [0.5, 0.6) is 0 Å². The first-order chi connectivity index (χ1) is 13.4. The fraction of sp³-hybridized carbons (Fsp3) is 0.227. The smallest absolute Gasteiger partial charge is 0.306 e. The lowest BCUT2D eigenvalue weighted by molar-refractivity contribution is -0.145. The van der Waals surface area contributed by atoms with Crippen LogP contribution in [0.25, 0.3) is 10.8 Å². The molecule has 0 heterocycles. The molecule has 0 aliphatic rings. The van der Waals surface area contributed by atoms with Gasteiger partial charge in [0, 0.05) is 13.0 Å². The van der Waals surface area contributed by atoms with Crippen molar-refractivity contribution in [3.05, 3.63) is 77.9 Å². The van der Waals surface area contributed by atoms with Gasteiger partial charge in [-0.15, -0.1) is 0 Å². The zero-order valence-electron chi connectivity index (χ0n) is 15.7. The van der Waals surface area contributed by atoms with Crippen molar-refractivity contribution < 1.29 is 17.9 Å². The van der Waals surface area contributed by atoms with Crippen LogP contribution in [-0.2, 0) is 26.2 Å². The lowest BCUT2D eigenvalue weighted by Gasteiger charge is -2.08. The molecule has 3 rings (SSSR count). The van der Waals surface area contributed by atoms with Gasteiger partial charge in [0.05, 0.1) is 4.90 Å². The molecule has 0 saturated heterocycles. The van der Waals surface area contributed by atoms with Gasteiger partial charge in [-0.2, -0.15) is 0 Å². The van der Waals surface area contributed by atoms with E-state index in [9.17, 15) is 13.2 Å². The van der Waals surface area contributed by atoms with Crippen LogP contribution in [0.4, 0.5) is 0 Å². The molecular formula is C22H23NO4S. The van der Waals surface area contributed by atoms with E-state index in [-0.39, 0.29) is 30.4 Å². The second kappa shape index (κ2) is 8.99. The highest BCUT2D eigenvalue weighted by Gasteiger charge is 2.14. The molecule has 0 aromatic heterocycles. The SMILES string of the molecule is Cc1cccc(COC(=O)CCCNS(=O)(=O)c2ccc3ccccc3c2)c1. The maximum absolute atomic E-state index is 12.4. The van der Waals surface area contributed by atoms with Crippen LogP contribution >= 0.6 is 0 Å². The first kappa shape index (κ1) is 20.0. The summed E-state index contributed by atoms with van der Waals surface area (Å²) >= 11 is 0. The average molecular weight is 397 g/mol. The molecule has 3 aromatic rings. The van der Waals surface area contributed by atoms with Gasteiger partial charge in [-0.25, -0.2) is 13.1 Å². The van der Waals surface area contributed by atoms with E-state index >= 15 is 0 Å². The Morgan fingerprint density at radius 3 is 2.54 bits per heavy atom. The summed E-state index contributed by atoms with van der Waals surface area (Å²) in [4.78, 5) is 12.1. The Bertz CT molecular complexity index is 1080. The van der Waals surface area contributed by atoms with Crippen molar-refractivity contribution in [1.29, 1.82) is 0 Å². The number of benzene rings is 3. The Hall–Kier alpha value is -2.70. The Balaban J connectivity index is 1.46. The number of carbonyl (C=O) groups excluding carboxylic acids is 1. The van der Waals surface area contributed by atoms with Gasteiger partial charge in [0.1, 0.15) is 6.61 Å². The molecule has 0 radical (unpaired) electrons. The summed E-state index contributed by atoms with van der Waals surface area (Å²) < 4.78 is 32.6. The molecule has 0 spiro atoms. The lowest BCUT2D eigenvalue weighted by atomic mass is 10.1. The monoisotopic (exact) mass is 397 g/mol. The molecule has 0 saturated carbocycles. The Labute approximate surface area is 165 Å². The number of hydrogen-bond acceptors (Lipinski definition) is 4. The van der Waals surface area contributed by atoms with Crippen molar-refractivity contribution in [2.75, 3.05) is 6.54 Å². The molecule has 0 atom stereocenters. The molecule has 0 unspecified atom stereocenters. The van der Waals surface area contributed by atoms with Crippen LogP contribution < -0.4 is 4.72 Å². The van der Waals surface area contributed by atoms with E-state index in [1.807, 2.05) is 55.5 Å². The standard InChI is InChI=1S/C22H23NO4S/c1-17-6-4-7-18(14-17)16-27-22(24)10-5-13-23-28(25,26)21-12-11-19-8-2-3-9-20(19)15-21/h2-4,6-9,11-12,14-15,23H,5,10,13,16H2,1H3. The van der Waals surface area contributed by atoms with Gasteiger partial charge in [-0.05, 0) is 41.8 Å². The number of ether oxygens (including phenoxy) is 1. The third-order valence-electron chi connectivity index (χ3n) is 4.36. The summed E-state index contributed by atoms with van der Waals surface area (Å²) in [6, 6.07) is 20.4. The van der Waals surface area contributed by atoms with E-state index in [2.05, 4.69) is 4.72 Å². The van der Waals surface area contributed by atoms with Gasteiger partial charge in [-0.3, -0.25) is 4.79 Å². The number of esters is 1. The molecule has 6 heteroatoms. The predicted octanol–water partition coefficient (Wildman–Crippen LogP) is 3.95. The van der Waals surface area contributed by atoms with Gasteiger partial charge < -0.3 is 4.74 Å². The Morgan fingerprint density at radius 1 is 0.964 bits per heavy atom. The summed E-state index contributed by atoms with van der Waals surface area (Å²) in [6.07, 6.45) is 0.533. The summed E-state index contributed by atoms with van der Waals surface area (Å²) in [5, 5.41) is 1.85. The third-order valence-corrected chi connectivity index (χ3v) is 5.82. The molecule has 28 heavy (non-hydrogen) atoms. The maximum atomic E-state index is 12.4. The molecule has 1 N–H and O–H groups in total. The second-order valence-electron chi connectivity index (χ2n) is 6.66. The number of rotatable bonds is 8. The minimum Gasteiger partial charge on any atom is -0.461 e. The summed E-state index contributed by atoms with van der Waals surface area (Å²) in [5.74, 6) is -0.341. The fourth-order valence-electron chi connectivity index (χ4n) is 2.90. The van der Waals surface area contributed by atoms with Gasteiger partial charge in [0.25, 0.3) is 0 Å². The third kappa shape index (κ3) is 5.41. The zero-order valence-corrected chi connectivity index (χ0v) is 16.5. The Kier molecular flexibility index (Phi) is 6.44. The maximum Gasteiger partial charge on any atom is 0.306 e. The first-order valence-corrected chi connectivity index (χ1v) is 10.6. The molecule has 0 aliphatic heterocycles. The van der Waals surface area contributed by atoms with Crippen LogP contribution in [0.3, 0.4) is 0 Å². The molecule has 3 aromatic carbocycles. The summed E-state index contributed by atoms with van der Waals surface area (Å²) in [6.45, 7) is 2.38. The van der Waals surface area contributed by atoms with Crippen molar-refractivity contribution in [1.82, 2.24) is 4.72 Å². The predicted molar refractivity (Wildman–Crippen MR) is 109 cm³/mol. The largest absolute Gasteiger partial charge is 0.461 e. The molecule has 0 bridgehead atoms. The minimum atomic E-state index is -3.61. The number of sulfonamides is 1. The van der Waals surface area contributed by atoms with E-state index < -0.39 is 10.0 Å². The van der Waals surface area contributed by atoms with Gasteiger partial charge in [0.2, 0.25) is 10.0 Å². The van der Waals surface area contributed by atoms with Crippen LogP contribution in [0.2, 0.25) is 0 Å². The molecule has 0 aliphatic carbocycles. The number of carbonyl (C=O) groups is 1. The lowest BCUT2D eigenvalue weighted by Crippen LogP contribution is -2.25. The van der Waals surface area contributed by atoms with Crippen molar-refractivity contribution in [2.45, 2.75) is 31.3 Å². The quantitative estimate of drug-likeness (QED) is 0.461. The van der Waals surface area contributed by atoms with Crippen LogP contribution in [-0.4, -0.2) is 20.9 Å². The molecule has 5 nitrogen and oxygen atoms in total.